The first-order valence-corrected chi connectivity index (χ1v) is 2.72. The third kappa shape index (κ3) is 3.65. The van der Waals surface area contributed by atoms with Gasteiger partial charge in [-0.25, -0.2) is 0 Å². The van der Waals surface area contributed by atoms with Crippen molar-refractivity contribution in [2.45, 2.75) is 0 Å². The molecule has 0 aromatic carbocycles. The number of hydrogen-bond acceptors (Lipinski definition) is 3. The molecule has 0 saturated carbocycles. The third-order valence-corrected chi connectivity index (χ3v) is 0.767. The van der Waals surface area contributed by atoms with Gasteiger partial charge in [0.2, 0.25) is 5.78 Å². The summed E-state index contributed by atoms with van der Waals surface area (Å²) in [5, 5.41) is 0. The Hall–Kier alpha value is -1.32. The Bertz CT molecular complexity index is 173. The summed E-state index contributed by atoms with van der Waals surface area (Å²) >= 11 is 0. The zero-order valence-corrected chi connectivity index (χ0v) is 6.00. The summed E-state index contributed by atoms with van der Waals surface area (Å²) in [7, 11) is 3.48. The van der Waals surface area contributed by atoms with Gasteiger partial charge in [-0.2, -0.15) is 0 Å². The van der Waals surface area contributed by atoms with E-state index >= 15 is 0 Å². The minimum atomic E-state index is -0.932. The summed E-state index contributed by atoms with van der Waals surface area (Å²) in [5.41, 5.74) is 4.66. The van der Waals surface area contributed by atoms with Gasteiger partial charge in [0, 0.05) is 26.4 Å². The van der Waals surface area contributed by atoms with Crippen molar-refractivity contribution in [3.8, 4) is 0 Å². The molecule has 0 bridgehead atoms. The zero-order valence-electron chi connectivity index (χ0n) is 6.00. The molecule has 0 rings (SSSR count). The van der Waals surface area contributed by atoms with Crippen LogP contribution in [0.4, 0.5) is 0 Å². The van der Waals surface area contributed by atoms with E-state index in [1.165, 1.54) is 6.20 Å². The number of ketones is 1. The highest BCUT2D eigenvalue weighted by Crippen LogP contribution is 1.78. The monoisotopic (exact) mass is 142 g/mol. The second-order valence-electron chi connectivity index (χ2n) is 2.01. The van der Waals surface area contributed by atoms with Crippen LogP contribution in [0.3, 0.4) is 0 Å². The maximum absolute atomic E-state index is 10.5. The topological polar surface area (TPSA) is 63.4 Å². The Balaban J connectivity index is 3.91. The standard InChI is InChI=1S/C6H10N2O2/c1-8(2)4-3-5(9)6(7)10/h3-4H,1-2H3,(H2,7,10)/b4-3+. The molecule has 10 heavy (non-hydrogen) atoms. The number of hydrogen-bond donors (Lipinski definition) is 1. The van der Waals surface area contributed by atoms with Crippen LogP contribution in [0.25, 0.3) is 0 Å². The lowest BCUT2D eigenvalue weighted by molar-refractivity contribution is -0.133. The quantitative estimate of drug-likeness (QED) is 0.411. The maximum atomic E-state index is 10.5. The molecule has 0 unspecified atom stereocenters. The number of primary amides is 1. The van der Waals surface area contributed by atoms with E-state index in [0.717, 1.165) is 6.08 Å². The van der Waals surface area contributed by atoms with Crippen LogP contribution >= 0.6 is 0 Å². The molecule has 0 fully saturated rings. The molecule has 0 aromatic heterocycles. The summed E-state index contributed by atoms with van der Waals surface area (Å²) in [4.78, 5) is 22.2. The van der Waals surface area contributed by atoms with Gasteiger partial charge in [-0.3, -0.25) is 9.59 Å². The summed E-state index contributed by atoms with van der Waals surface area (Å²) in [6.45, 7) is 0. The molecule has 2 N–H and O–H groups in total. The Morgan fingerprint density at radius 3 is 2.20 bits per heavy atom. The molecule has 56 valence electrons. The number of rotatable bonds is 3. The minimum absolute atomic E-state index is 0.686. The van der Waals surface area contributed by atoms with Crippen LogP contribution in [-0.2, 0) is 9.59 Å². The van der Waals surface area contributed by atoms with Crippen LogP contribution in [-0.4, -0.2) is 30.7 Å². The number of amides is 1. The van der Waals surface area contributed by atoms with E-state index in [1.54, 1.807) is 19.0 Å². The fourth-order valence-electron chi connectivity index (χ4n) is 0.299. The molecule has 0 aliphatic heterocycles. The molecular weight excluding hydrogens is 132 g/mol. The van der Waals surface area contributed by atoms with Crippen molar-refractivity contribution >= 4 is 11.7 Å². The van der Waals surface area contributed by atoms with Crippen molar-refractivity contribution < 1.29 is 9.59 Å². The summed E-state index contributed by atoms with van der Waals surface area (Å²) in [5.74, 6) is -1.62. The molecule has 0 aliphatic carbocycles. The van der Waals surface area contributed by atoms with E-state index in [2.05, 4.69) is 5.73 Å². The molecular formula is C6H10N2O2. The molecule has 0 aliphatic rings. The van der Waals surface area contributed by atoms with E-state index < -0.39 is 11.7 Å². The Morgan fingerprint density at radius 2 is 1.90 bits per heavy atom. The van der Waals surface area contributed by atoms with Gasteiger partial charge in [-0.1, -0.05) is 0 Å². The second-order valence-corrected chi connectivity index (χ2v) is 2.01. The van der Waals surface area contributed by atoms with Crippen molar-refractivity contribution in [3.63, 3.8) is 0 Å². The molecule has 1 amide bonds. The lowest BCUT2D eigenvalue weighted by Gasteiger charge is -2.00. The fraction of sp³-hybridized carbons (Fsp3) is 0.333. The first kappa shape index (κ1) is 8.68. The van der Waals surface area contributed by atoms with Crippen LogP contribution in [0, 0.1) is 0 Å². The highest BCUT2D eigenvalue weighted by molar-refractivity contribution is 6.40. The van der Waals surface area contributed by atoms with Crippen LogP contribution in [0.5, 0.6) is 0 Å². The Morgan fingerprint density at radius 1 is 1.40 bits per heavy atom. The van der Waals surface area contributed by atoms with E-state index in [-0.39, 0.29) is 0 Å². The Labute approximate surface area is 59.3 Å². The lowest BCUT2D eigenvalue weighted by atomic mass is 10.4. The number of nitrogens with zero attached hydrogens (tertiary/aromatic N) is 1. The first-order chi connectivity index (χ1) is 4.54. The van der Waals surface area contributed by atoms with Gasteiger partial charge in [0.05, 0.1) is 0 Å². The SMILES string of the molecule is CN(C)/C=C/C(=O)C(N)=O. The molecule has 0 saturated heterocycles. The zero-order chi connectivity index (χ0) is 8.15. The van der Waals surface area contributed by atoms with Crippen molar-refractivity contribution in [2.75, 3.05) is 14.1 Å². The van der Waals surface area contributed by atoms with Crippen molar-refractivity contribution in [1.82, 2.24) is 4.90 Å². The fourth-order valence-corrected chi connectivity index (χ4v) is 0.299. The third-order valence-electron chi connectivity index (χ3n) is 0.767. The molecule has 4 heteroatoms. The lowest BCUT2D eigenvalue weighted by Crippen LogP contribution is -2.21. The second kappa shape index (κ2) is 3.66. The van der Waals surface area contributed by atoms with E-state index in [4.69, 9.17) is 0 Å². The number of carbonyl (C=O) groups excluding carboxylic acids is 2. The van der Waals surface area contributed by atoms with Crippen LogP contribution in [0.15, 0.2) is 12.3 Å². The number of carbonyl (C=O) groups is 2. The largest absolute Gasteiger partial charge is 0.383 e. The van der Waals surface area contributed by atoms with Gasteiger partial charge in [0.1, 0.15) is 0 Å². The van der Waals surface area contributed by atoms with Gasteiger partial charge in [0.25, 0.3) is 5.91 Å². The molecule has 0 spiro atoms. The molecule has 0 aromatic rings. The van der Waals surface area contributed by atoms with Gasteiger partial charge < -0.3 is 10.6 Å². The average Bonchev–Trinajstić information content (AvgIpc) is 1.82. The minimum Gasteiger partial charge on any atom is -0.383 e. The summed E-state index contributed by atoms with van der Waals surface area (Å²) < 4.78 is 0. The Kier molecular flexibility index (Phi) is 3.17. The summed E-state index contributed by atoms with van der Waals surface area (Å²) in [6.07, 6.45) is 2.59. The van der Waals surface area contributed by atoms with Crippen LogP contribution in [0.2, 0.25) is 0 Å². The van der Waals surface area contributed by atoms with Crippen molar-refractivity contribution in [3.05, 3.63) is 12.3 Å². The van der Waals surface area contributed by atoms with Crippen molar-refractivity contribution in [2.24, 2.45) is 5.73 Å². The van der Waals surface area contributed by atoms with Crippen LogP contribution in [0.1, 0.15) is 0 Å². The van der Waals surface area contributed by atoms with E-state index in [0.29, 0.717) is 0 Å². The van der Waals surface area contributed by atoms with E-state index in [9.17, 15) is 9.59 Å². The summed E-state index contributed by atoms with van der Waals surface area (Å²) in [6, 6.07) is 0. The molecule has 4 nitrogen and oxygen atoms in total. The van der Waals surface area contributed by atoms with Gasteiger partial charge in [-0.05, 0) is 0 Å². The molecule has 0 atom stereocenters. The van der Waals surface area contributed by atoms with Gasteiger partial charge >= 0.3 is 0 Å². The van der Waals surface area contributed by atoms with Crippen LogP contribution < -0.4 is 5.73 Å². The predicted octanol–water partition coefficient (Wildman–Crippen LogP) is -0.884. The predicted molar refractivity (Wildman–Crippen MR) is 37.0 cm³/mol. The van der Waals surface area contributed by atoms with Crippen molar-refractivity contribution in [1.29, 1.82) is 0 Å². The molecule has 0 heterocycles. The number of nitrogens with two attached hydrogens (primary N) is 1. The average molecular weight is 142 g/mol. The van der Waals surface area contributed by atoms with E-state index in [1.807, 2.05) is 0 Å². The maximum Gasteiger partial charge on any atom is 0.289 e. The van der Waals surface area contributed by atoms with Gasteiger partial charge in [-0.15, -0.1) is 0 Å². The normalized spacial score (nSPS) is 9.80. The molecule has 0 radical (unpaired) electrons. The highest BCUT2D eigenvalue weighted by Gasteiger charge is 2.01. The first-order valence-electron chi connectivity index (χ1n) is 2.72. The smallest absolute Gasteiger partial charge is 0.289 e. The van der Waals surface area contributed by atoms with Gasteiger partial charge in [0.15, 0.2) is 0 Å². The highest BCUT2D eigenvalue weighted by atomic mass is 16.2.